The summed E-state index contributed by atoms with van der Waals surface area (Å²) in [6.07, 6.45) is 7.18. The minimum Gasteiger partial charge on any atom is -0.494 e. The van der Waals surface area contributed by atoms with Gasteiger partial charge in [-0.15, -0.1) is 0 Å². The van der Waals surface area contributed by atoms with Crippen LogP contribution in [0.1, 0.15) is 48.3 Å². The van der Waals surface area contributed by atoms with E-state index in [4.69, 9.17) is 9.84 Å². The predicted octanol–water partition coefficient (Wildman–Crippen LogP) is 5.59. The van der Waals surface area contributed by atoms with Crippen molar-refractivity contribution in [3.8, 4) is 5.75 Å². The zero-order chi connectivity index (χ0) is 19.4. The van der Waals surface area contributed by atoms with Crippen LogP contribution in [0.5, 0.6) is 5.75 Å². The lowest BCUT2D eigenvalue weighted by atomic mass is 9.78. The van der Waals surface area contributed by atoms with Crippen molar-refractivity contribution in [1.29, 1.82) is 0 Å². The highest BCUT2D eigenvalue weighted by Gasteiger charge is 2.22. The molecule has 0 radical (unpaired) electrons. The molecule has 1 saturated carbocycles. The first-order chi connectivity index (χ1) is 13.0. The Balaban J connectivity index is 1.62. The lowest BCUT2D eigenvalue weighted by Gasteiger charge is -2.27. The molecule has 0 bridgehead atoms. The molecule has 27 heavy (non-hydrogen) atoms. The molecule has 1 N–H and O–H groups in total. The first-order valence-electron chi connectivity index (χ1n) is 9.12. The number of benzene rings is 2. The number of hydrogen-bond acceptors (Lipinski definition) is 2. The van der Waals surface area contributed by atoms with E-state index < -0.39 is 18.2 Å². The van der Waals surface area contributed by atoms with Crippen molar-refractivity contribution < 1.29 is 23.0 Å². The Kier molecular flexibility index (Phi) is 6.22. The summed E-state index contributed by atoms with van der Waals surface area (Å²) < 4.78 is 46.6. The van der Waals surface area contributed by atoms with Crippen LogP contribution in [0.2, 0.25) is 0 Å². The van der Waals surface area contributed by atoms with Gasteiger partial charge < -0.3 is 9.84 Å². The second-order valence-corrected chi connectivity index (χ2v) is 6.96. The highest BCUT2D eigenvalue weighted by atomic mass is 19.2. The second kappa shape index (κ2) is 8.61. The fourth-order valence-corrected chi connectivity index (χ4v) is 3.68. The van der Waals surface area contributed by atoms with E-state index >= 15 is 0 Å². The molecule has 2 aromatic carbocycles. The van der Waals surface area contributed by atoms with Crippen LogP contribution in [0.4, 0.5) is 13.2 Å². The Bertz CT molecular complexity index is 825. The van der Waals surface area contributed by atoms with Crippen molar-refractivity contribution in [1.82, 2.24) is 0 Å². The van der Waals surface area contributed by atoms with Gasteiger partial charge in [0.05, 0.1) is 13.7 Å². The Morgan fingerprint density at radius 1 is 1.04 bits per heavy atom. The molecule has 144 valence electrons. The van der Waals surface area contributed by atoms with Crippen LogP contribution in [-0.2, 0) is 6.61 Å². The van der Waals surface area contributed by atoms with Crippen LogP contribution in [0, 0.1) is 23.4 Å². The van der Waals surface area contributed by atoms with E-state index in [1.165, 1.54) is 19.2 Å². The standard InChI is InChI=1S/C22H23F3O2/c1-27-20-11-10-17(12-19(20)23)15-5-2-14(3-6-15)4-7-16-8-9-18(13-26)22(25)21(16)24/h4,7-12,14-15,26H,2-3,5-6,13H2,1H3. The molecule has 3 rings (SSSR count). The minimum atomic E-state index is -0.995. The van der Waals surface area contributed by atoms with Crippen LogP contribution in [0.25, 0.3) is 6.08 Å². The minimum absolute atomic E-state index is 0.0446. The summed E-state index contributed by atoms with van der Waals surface area (Å²) in [5, 5.41) is 8.98. The molecular formula is C22H23F3O2. The van der Waals surface area contributed by atoms with Crippen molar-refractivity contribution in [2.45, 2.75) is 38.2 Å². The fraction of sp³-hybridized carbons (Fsp3) is 0.364. The maximum Gasteiger partial charge on any atom is 0.166 e. The molecule has 0 aromatic heterocycles. The molecule has 2 nitrogen and oxygen atoms in total. The van der Waals surface area contributed by atoms with E-state index in [-0.39, 0.29) is 28.6 Å². The van der Waals surface area contributed by atoms with Gasteiger partial charge in [-0.05, 0) is 55.2 Å². The normalized spacial score (nSPS) is 20.2. The average Bonchev–Trinajstić information content (AvgIpc) is 2.69. The first kappa shape index (κ1) is 19.5. The molecule has 0 heterocycles. The molecule has 0 spiro atoms. The SMILES string of the molecule is COc1ccc(C2CCC(C=Cc3ccc(CO)c(F)c3F)CC2)cc1F. The van der Waals surface area contributed by atoms with E-state index in [0.29, 0.717) is 5.92 Å². The first-order valence-corrected chi connectivity index (χ1v) is 9.12. The van der Waals surface area contributed by atoms with Gasteiger partial charge in [0, 0.05) is 11.1 Å². The lowest BCUT2D eigenvalue weighted by Crippen LogP contribution is -2.12. The van der Waals surface area contributed by atoms with E-state index in [0.717, 1.165) is 31.2 Å². The molecule has 2 aromatic rings. The maximum atomic E-state index is 14.0. The topological polar surface area (TPSA) is 29.5 Å². The highest BCUT2D eigenvalue weighted by Crippen LogP contribution is 2.37. The number of methoxy groups -OCH3 is 1. The molecule has 0 aliphatic heterocycles. The fourth-order valence-electron chi connectivity index (χ4n) is 3.68. The summed E-state index contributed by atoms with van der Waals surface area (Å²) >= 11 is 0. The van der Waals surface area contributed by atoms with Crippen LogP contribution in [-0.4, -0.2) is 12.2 Å². The van der Waals surface area contributed by atoms with Gasteiger partial charge in [-0.3, -0.25) is 0 Å². The Labute approximate surface area is 157 Å². The van der Waals surface area contributed by atoms with Crippen LogP contribution >= 0.6 is 0 Å². The van der Waals surface area contributed by atoms with Crippen molar-refractivity contribution in [2.75, 3.05) is 7.11 Å². The van der Waals surface area contributed by atoms with Gasteiger partial charge in [-0.25, -0.2) is 13.2 Å². The van der Waals surface area contributed by atoms with Crippen molar-refractivity contribution in [2.24, 2.45) is 5.92 Å². The zero-order valence-electron chi connectivity index (χ0n) is 15.2. The number of allylic oxidation sites excluding steroid dienone is 1. The predicted molar refractivity (Wildman–Crippen MR) is 99.0 cm³/mol. The molecule has 0 saturated heterocycles. The molecule has 1 aliphatic rings. The van der Waals surface area contributed by atoms with Gasteiger partial charge in [0.2, 0.25) is 0 Å². The Morgan fingerprint density at radius 3 is 2.41 bits per heavy atom. The Hall–Kier alpha value is -2.27. The Morgan fingerprint density at radius 2 is 1.78 bits per heavy atom. The lowest BCUT2D eigenvalue weighted by molar-refractivity contribution is 0.273. The van der Waals surface area contributed by atoms with E-state index in [9.17, 15) is 13.2 Å². The highest BCUT2D eigenvalue weighted by molar-refractivity contribution is 5.51. The van der Waals surface area contributed by atoms with E-state index in [1.807, 2.05) is 12.1 Å². The van der Waals surface area contributed by atoms with Gasteiger partial charge in [-0.2, -0.15) is 0 Å². The molecule has 0 amide bonds. The molecule has 0 atom stereocenters. The smallest absolute Gasteiger partial charge is 0.166 e. The van der Waals surface area contributed by atoms with Gasteiger partial charge in [0.1, 0.15) is 0 Å². The third-order valence-corrected chi connectivity index (χ3v) is 5.33. The van der Waals surface area contributed by atoms with E-state index in [1.54, 1.807) is 18.2 Å². The van der Waals surface area contributed by atoms with Crippen LogP contribution in [0.3, 0.4) is 0 Å². The molecule has 1 fully saturated rings. The van der Waals surface area contributed by atoms with Gasteiger partial charge in [0.25, 0.3) is 0 Å². The van der Waals surface area contributed by atoms with Crippen molar-refractivity contribution >= 4 is 6.08 Å². The molecule has 0 unspecified atom stereocenters. The zero-order valence-corrected chi connectivity index (χ0v) is 15.2. The number of halogens is 3. The number of ether oxygens (including phenoxy) is 1. The van der Waals surface area contributed by atoms with Crippen molar-refractivity contribution in [3.63, 3.8) is 0 Å². The third-order valence-electron chi connectivity index (χ3n) is 5.33. The summed E-state index contributed by atoms with van der Waals surface area (Å²) in [7, 11) is 1.45. The maximum absolute atomic E-state index is 14.0. The average molecular weight is 376 g/mol. The third kappa shape index (κ3) is 4.35. The van der Waals surface area contributed by atoms with Crippen LogP contribution < -0.4 is 4.74 Å². The quantitative estimate of drug-likeness (QED) is 0.737. The van der Waals surface area contributed by atoms with Crippen LogP contribution in [0.15, 0.2) is 36.4 Å². The van der Waals surface area contributed by atoms with E-state index in [2.05, 4.69) is 0 Å². The molecule has 1 aliphatic carbocycles. The number of aliphatic hydroxyl groups excluding tert-OH is 1. The second-order valence-electron chi connectivity index (χ2n) is 6.96. The molecular weight excluding hydrogens is 353 g/mol. The summed E-state index contributed by atoms with van der Waals surface area (Å²) in [6.45, 7) is -0.525. The number of hydrogen-bond donors (Lipinski definition) is 1. The summed E-state index contributed by atoms with van der Waals surface area (Å²) in [5.74, 6) is -1.44. The number of rotatable bonds is 5. The summed E-state index contributed by atoms with van der Waals surface area (Å²) in [4.78, 5) is 0. The molecule has 5 heteroatoms. The summed E-state index contributed by atoms with van der Waals surface area (Å²) in [6, 6.07) is 7.98. The van der Waals surface area contributed by atoms with Gasteiger partial charge in [-0.1, -0.05) is 30.4 Å². The van der Waals surface area contributed by atoms with Crippen molar-refractivity contribution in [3.05, 3.63) is 70.5 Å². The van der Waals surface area contributed by atoms with Gasteiger partial charge in [0.15, 0.2) is 23.2 Å². The monoisotopic (exact) mass is 376 g/mol. The largest absolute Gasteiger partial charge is 0.494 e. The van der Waals surface area contributed by atoms with Gasteiger partial charge >= 0.3 is 0 Å². The number of aliphatic hydroxyl groups is 1. The summed E-state index contributed by atoms with van der Waals surface area (Å²) in [5.41, 5.74) is 1.12.